The molecule has 1 fully saturated rings. The number of nitrogens with zero attached hydrogens (tertiary/aromatic N) is 1. The minimum atomic E-state index is -3.49. The highest BCUT2D eigenvalue weighted by Gasteiger charge is 2.17. The number of hydrogen-bond acceptors (Lipinski definition) is 5. The zero-order valence-corrected chi connectivity index (χ0v) is 12.2. The summed E-state index contributed by atoms with van der Waals surface area (Å²) < 4.78 is 32.2. The van der Waals surface area contributed by atoms with Crippen LogP contribution in [0, 0.1) is 0 Å². The minimum absolute atomic E-state index is 0.166. The quantitative estimate of drug-likeness (QED) is 0.809. The van der Waals surface area contributed by atoms with Crippen LogP contribution in [0.1, 0.15) is 31.4 Å². The van der Waals surface area contributed by atoms with Gasteiger partial charge in [-0.25, -0.2) is 13.1 Å². The summed E-state index contributed by atoms with van der Waals surface area (Å²) in [7, 11) is -3.49. The van der Waals surface area contributed by atoms with E-state index < -0.39 is 10.0 Å². The van der Waals surface area contributed by atoms with Crippen molar-refractivity contribution in [1.29, 1.82) is 0 Å². The number of hydrogen-bond donors (Lipinski definition) is 2. The first kappa shape index (κ1) is 15.4. The molecule has 6 nitrogen and oxygen atoms in total. The van der Waals surface area contributed by atoms with Gasteiger partial charge in [0.05, 0.1) is 11.8 Å². The van der Waals surface area contributed by atoms with Crippen molar-refractivity contribution in [3.05, 3.63) is 24.0 Å². The highest BCUT2D eigenvalue weighted by molar-refractivity contribution is 7.89. The van der Waals surface area contributed by atoms with E-state index in [0.717, 1.165) is 25.9 Å². The molecule has 1 aliphatic heterocycles. The van der Waals surface area contributed by atoms with E-state index >= 15 is 0 Å². The van der Waals surface area contributed by atoms with Gasteiger partial charge in [0.25, 0.3) is 0 Å². The van der Waals surface area contributed by atoms with Crippen LogP contribution in [0.3, 0.4) is 0 Å². The fraction of sp³-hybridized carbons (Fsp3) is 0.615. The van der Waals surface area contributed by atoms with Crippen molar-refractivity contribution in [1.82, 2.24) is 9.71 Å². The maximum Gasteiger partial charge on any atom is 0.242 e. The third kappa shape index (κ3) is 4.24. The van der Waals surface area contributed by atoms with Gasteiger partial charge in [-0.15, -0.1) is 0 Å². The molecule has 0 saturated carbocycles. The van der Waals surface area contributed by atoms with Crippen molar-refractivity contribution < 1.29 is 13.2 Å². The number of rotatable bonds is 6. The average Bonchev–Trinajstić information content (AvgIpc) is 2.48. The lowest BCUT2D eigenvalue weighted by atomic mass is 10.1. The van der Waals surface area contributed by atoms with Gasteiger partial charge < -0.3 is 10.5 Å². The fourth-order valence-corrected chi connectivity index (χ4v) is 3.16. The van der Waals surface area contributed by atoms with Crippen molar-refractivity contribution in [3.63, 3.8) is 0 Å². The molecule has 20 heavy (non-hydrogen) atoms. The second kappa shape index (κ2) is 7.12. The Morgan fingerprint density at radius 1 is 1.40 bits per heavy atom. The van der Waals surface area contributed by atoms with Crippen molar-refractivity contribution in [2.24, 2.45) is 5.73 Å². The molecule has 1 atom stereocenters. The van der Waals surface area contributed by atoms with Crippen LogP contribution in [-0.4, -0.2) is 32.7 Å². The Morgan fingerprint density at radius 2 is 2.25 bits per heavy atom. The third-order valence-corrected chi connectivity index (χ3v) is 4.80. The lowest BCUT2D eigenvalue weighted by Gasteiger charge is -2.22. The van der Waals surface area contributed by atoms with Crippen LogP contribution in [0.5, 0.6) is 0 Å². The second-order valence-electron chi connectivity index (χ2n) is 4.86. The number of pyridine rings is 1. The largest absolute Gasteiger partial charge is 0.378 e. The molecule has 1 aromatic heterocycles. The van der Waals surface area contributed by atoms with Gasteiger partial charge in [0, 0.05) is 25.9 Å². The molecule has 0 aromatic carbocycles. The maximum atomic E-state index is 12.1. The summed E-state index contributed by atoms with van der Waals surface area (Å²) in [5, 5.41) is 0. The van der Waals surface area contributed by atoms with Crippen LogP contribution >= 0.6 is 0 Å². The Kier molecular flexibility index (Phi) is 5.47. The van der Waals surface area contributed by atoms with Crippen molar-refractivity contribution in [2.45, 2.75) is 43.2 Å². The molecule has 2 rings (SSSR count). The average molecular weight is 299 g/mol. The molecular formula is C13H21N3O3S. The van der Waals surface area contributed by atoms with E-state index in [-0.39, 0.29) is 11.0 Å². The van der Waals surface area contributed by atoms with Crippen LogP contribution in [0.4, 0.5) is 0 Å². The molecular weight excluding hydrogens is 278 g/mol. The Balaban J connectivity index is 1.86. The maximum absolute atomic E-state index is 12.1. The topological polar surface area (TPSA) is 94.3 Å². The van der Waals surface area contributed by atoms with Crippen LogP contribution in [-0.2, 0) is 21.3 Å². The molecule has 1 aliphatic rings. The molecule has 1 unspecified atom stereocenters. The molecule has 0 radical (unpaired) electrons. The number of ether oxygens (including phenoxy) is 1. The Morgan fingerprint density at radius 3 is 2.85 bits per heavy atom. The molecule has 1 aromatic rings. The first-order valence-corrected chi connectivity index (χ1v) is 8.36. The molecule has 0 spiro atoms. The first-order valence-electron chi connectivity index (χ1n) is 6.88. The standard InChI is InChI=1S/C13H21N3O3S/c14-9-11-4-5-13(10-15-11)20(17,18)16-7-6-12-3-1-2-8-19-12/h4-5,10,12,16H,1-3,6-9,14H2. The van der Waals surface area contributed by atoms with Gasteiger partial charge in [0.15, 0.2) is 0 Å². The lowest BCUT2D eigenvalue weighted by molar-refractivity contribution is 0.0123. The van der Waals surface area contributed by atoms with Gasteiger partial charge in [-0.2, -0.15) is 0 Å². The number of nitrogens with two attached hydrogens (primary N) is 1. The summed E-state index contributed by atoms with van der Waals surface area (Å²) in [4.78, 5) is 4.16. The van der Waals surface area contributed by atoms with Gasteiger partial charge in [0.1, 0.15) is 4.90 Å². The van der Waals surface area contributed by atoms with E-state index in [1.807, 2.05) is 0 Å². The lowest BCUT2D eigenvalue weighted by Crippen LogP contribution is -2.29. The molecule has 3 N–H and O–H groups in total. The second-order valence-corrected chi connectivity index (χ2v) is 6.63. The monoisotopic (exact) mass is 299 g/mol. The van der Waals surface area contributed by atoms with Crippen molar-refractivity contribution in [3.8, 4) is 0 Å². The van der Waals surface area contributed by atoms with Gasteiger partial charge in [0.2, 0.25) is 10.0 Å². The molecule has 112 valence electrons. The van der Waals surface area contributed by atoms with E-state index in [1.54, 1.807) is 6.07 Å². The minimum Gasteiger partial charge on any atom is -0.378 e. The number of aromatic nitrogens is 1. The van der Waals surface area contributed by atoms with E-state index in [2.05, 4.69) is 9.71 Å². The summed E-state index contributed by atoms with van der Waals surface area (Å²) >= 11 is 0. The summed E-state index contributed by atoms with van der Waals surface area (Å²) in [6, 6.07) is 3.15. The van der Waals surface area contributed by atoms with E-state index in [9.17, 15) is 8.42 Å². The summed E-state index contributed by atoms with van der Waals surface area (Å²) in [6.45, 7) is 1.46. The van der Waals surface area contributed by atoms with Crippen LogP contribution < -0.4 is 10.5 Å². The van der Waals surface area contributed by atoms with Gasteiger partial charge in [-0.3, -0.25) is 4.98 Å². The molecule has 0 aliphatic carbocycles. The van der Waals surface area contributed by atoms with Crippen molar-refractivity contribution in [2.75, 3.05) is 13.2 Å². The predicted molar refractivity (Wildman–Crippen MR) is 75.5 cm³/mol. The zero-order chi connectivity index (χ0) is 14.4. The summed E-state index contributed by atoms with van der Waals surface area (Å²) in [5.74, 6) is 0. The molecule has 1 saturated heterocycles. The predicted octanol–water partition coefficient (Wildman–Crippen LogP) is 0.778. The van der Waals surface area contributed by atoms with E-state index in [1.165, 1.54) is 12.3 Å². The summed E-state index contributed by atoms with van der Waals surface area (Å²) in [5.41, 5.74) is 6.10. The normalized spacial score (nSPS) is 19.9. The molecule has 2 heterocycles. The first-order chi connectivity index (χ1) is 9.62. The van der Waals surface area contributed by atoms with E-state index in [0.29, 0.717) is 25.2 Å². The SMILES string of the molecule is NCc1ccc(S(=O)(=O)NCCC2CCCCO2)cn1. The molecule has 0 bridgehead atoms. The molecule has 0 amide bonds. The highest BCUT2D eigenvalue weighted by atomic mass is 32.2. The third-order valence-electron chi connectivity index (χ3n) is 3.35. The number of nitrogens with one attached hydrogen (secondary N) is 1. The highest BCUT2D eigenvalue weighted by Crippen LogP contribution is 2.15. The zero-order valence-electron chi connectivity index (χ0n) is 11.4. The van der Waals surface area contributed by atoms with Crippen LogP contribution in [0.25, 0.3) is 0 Å². The smallest absolute Gasteiger partial charge is 0.242 e. The fourth-order valence-electron chi connectivity index (χ4n) is 2.16. The van der Waals surface area contributed by atoms with Crippen LogP contribution in [0.15, 0.2) is 23.2 Å². The summed E-state index contributed by atoms with van der Waals surface area (Å²) in [6.07, 6.45) is 5.47. The number of sulfonamides is 1. The molecule has 7 heteroatoms. The van der Waals surface area contributed by atoms with E-state index in [4.69, 9.17) is 10.5 Å². The van der Waals surface area contributed by atoms with Crippen molar-refractivity contribution >= 4 is 10.0 Å². The van der Waals surface area contributed by atoms with Gasteiger partial charge >= 0.3 is 0 Å². The Bertz CT molecular complexity index is 510. The Labute approximate surface area is 119 Å². The van der Waals surface area contributed by atoms with Gasteiger partial charge in [-0.05, 0) is 37.8 Å². The Hall–Kier alpha value is -1.02. The van der Waals surface area contributed by atoms with Crippen LogP contribution in [0.2, 0.25) is 0 Å². The van der Waals surface area contributed by atoms with Gasteiger partial charge in [-0.1, -0.05) is 0 Å².